The molecule has 1 unspecified atom stereocenters. The van der Waals surface area contributed by atoms with Crippen LogP contribution in [0.25, 0.3) is 0 Å². The van der Waals surface area contributed by atoms with E-state index in [4.69, 9.17) is 9.52 Å². The topological polar surface area (TPSA) is 65.7 Å². The van der Waals surface area contributed by atoms with Crippen LogP contribution in [0, 0.1) is 0 Å². The second-order valence-electron chi connectivity index (χ2n) is 4.59. The minimum absolute atomic E-state index is 0.0656. The van der Waals surface area contributed by atoms with Crippen molar-refractivity contribution in [1.29, 1.82) is 0 Å². The number of likely N-dealkylation sites (tertiary alicyclic amines) is 1. The molecule has 100 valence electrons. The Bertz CT molecular complexity index is 358. The van der Waals surface area contributed by atoms with Crippen LogP contribution in [0.15, 0.2) is 22.8 Å². The number of hydrogen-bond acceptors (Lipinski definition) is 4. The van der Waals surface area contributed by atoms with Crippen LogP contribution in [-0.4, -0.2) is 42.2 Å². The summed E-state index contributed by atoms with van der Waals surface area (Å²) in [6.07, 6.45) is 5.29. The third kappa shape index (κ3) is 3.34. The largest absolute Gasteiger partial charge is 0.468 e. The summed E-state index contributed by atoms with van der Waals surface area (Å²) in [6, 6.07) is 3.86. The average Bonchev–Trinajstić information content (AvgIpc) is 2.94. The van der Waals surface area contributed by atoms with Gasteiger partial charge in [-0.05, 0) is 38.1 Å². The summed E-state index contributed by atoms with van der Waals surface area (Å²) in [5.74, 6) is 0.527. The SMILES string of the molecule is O=C(CO)NCC(c1ccco1)N1CCCCC1. The molecule has 0 aliphatic carbocycles. The predicted molar refractivity (Wildman–Crippen MR) is 67.0 cm³/mol. The van der Waals surface area contributed by atoms with E-state index in [9.17, 15) is 4.79 Å². The number of rotatable bonds is 5. The highest BCUT2D eigenvalue weighted by Gasteiger charge is 2.24. The maximum absolute atomic E-state index is 11.2. The highest BCUT2D eigenvalue weighted by molar-refractivity contribution is 5.76. The van der Waals surface area contributed by atoms with Gasteiger partial charge in [0, 0.05) is 6.54 Å². The van der Waals surface area contributed by atoms with Crippen molar-refractivity contribution in [3.63, 3.8) is 0 Å². The molecule has 0 radical (unpaired) electrons. The van der Waals surface area contributed by atoms with Crippen molar-refractivity contribution in [2.45, 2.75) is 25.3 Å². The Morgan fingerprint density at radius 3 is 2.83 bits per heavy atom. The number of piperidine rings is 1. The number of aliphatic hydroxyl groups excluding tert-OH is 1. The molecule has 1 aliphatic rings. The van der Waals surface area contributed by atoms with E-state index in [1.807, 2.05) is 12.1 Å². The fourth-order valence-electron chi connectivity index (χ4n) is 2.39. The van der Waals surface area contributed by atoms with Gasteiger partial charge >= 0.3 is 0 Å². The molecule has 0 saturated carbocycles. The Morgan fingerprint density at radius 2 is 2.22 bits per heavy atom. The molecule has 5 nitrogen and oxygen atoms in total. The minimum Gasteiger partial charge on any atom is -0.468 e. The Labute approximate surface area is 107 Å². The summed E-state index contributed by atoms with van der Waals surface area (Å²) in [4.78, 5) is 13.5. The van der Waals surface area contributed by atoms with Crippen molar-refractivity contribution in [2.75, 3.05) is 26.2 Å². The van der Waals surface area contributed by atoms with E-state index in [0.717, 1.165) is 18.8 Å². The van der Waals surface area contributed by atoms with Crippen LogP contribution < -0.4 is 5.32 Å². The molecule has 0 aromatic carbocycles. The van der Waals surface area contributed by atoms with Gasteiger partial charge < -0.3 is 14.8 Å². The molecule has 2 heterocycles. The first-order valence-electron chi connectivity index (χ1n) is 6.46. The van der Waals surface area contributed by atoms with Gasteiger partial charge in [0.25, 0.3) is 0 Å². The summed E-state index contributed by atoms with van der Waals surface area (Å²) in [5, 5.41) is 11.5. The number of amides is 1. The lowest BCUT2D eigenvalue weighted by molar-refractivity contribution is -0.124. The summed E-state index contributed by atoms with van der Waals surface area (Å²) in [5.41, 5.74) is 0. The molecule has 0 spiro atoms. The molecule has 1 fully saturated rings. The Hall–Kier alpha value is -1.33. The molecule has 1 atom stereocenters. The Morgan fingerprint density at radius 1 is 1.44 bits per heavy atom. The molecule has 18 heavy (non-hydrogen) atoms. The van der Waals surface area contributed by atoms with Crippen LogP contribution in [0.1, 0.15) is 31.1 Å². The van der Waals surface area contributed by atoms with Crippen molar-refractivity contribution in [3.05, 3.63) is 24.2 Å². The van der Waals surface area contributed by atoms with Crippen molar-refractivity contribution >= 4 is 5.91 Å². The third-order valence-electron chi connectivity index (χ3n) is 3.34. The Kier molecular flexibility index (Phi) is 4.78. The van der Waals surface area contributed by atoms with E-state index in [-0.39, 0.29) is 11.9 Å². The van der Waals surface area contributed by atoms with Crippen molar-refractivity contribution < 1.29 is 14.3 Å². The second-order valence-corrected chi connectivity index (χ2v) is 4.59. The number of aliphatic hydroxyl groups is 1. The summed E-state index contributed by atoms with van der Waals surface area (Å²) in [7, 11) is 0. The number of carbonyl (C=O) groups excluding carboxylic acids is 1. The van der Waals surface area contributed by atoms with Crippen LogP contribution in [-0.2, 0) is 4.79 Å². The molecule has 2 N–H and O–H groups in total. The van der Waals surface area contributed by atoms with Gasteiger partial charge in [-0.15, -0.1) is 0 Å². The first kappa shape index (κ1) is 13.1. The zero-order valence-electron chi connectivity index (χ0n) is 10.5. The van der Waals surface area contributed by atoms with Gasteiger partial charge in [0.05, 0.1) is 12.3 Å². The normalized spacial score (nSPS) is 18.5. The number of carbonyl (C=O) groups is 1. The standard InChI is InChI=1S/C13H20N2O3/c16-10-13(17)14-9-11(12-5-4-8-18-12)15-6-2-1-3-7-15/h4-5,8,11,16H,1-3,6-7,9-10H2,(H,14,17). The van der Waals surface area contributed by atoms with E-state index < -0.39 is 6.61 Å². The van der Waals surface area contributed by atoms with E-state index in [2.05, 4.69) is 10.2 Å². The quantitative estimate of drug-likeness (QED) is 0.817. The highest BCUT2D eigenvalue weighted by atomic mass is 16.3. The molecule has 1 aromatic rings. The van der Waals surface area contributed by atoms with Gasteiger partial charge in [-0.3, -0.25) is 9.69 Å². The molecule has 1 aliphatic heterocycles. The van der Waals surface area contributed by atoms with Gasteiger partial charge in [0.2, 0.25) is 5.91 Å². The molecule has 1 amide bonds. The molecule has 1 aromatic heterocycles. The van der Waals surface area contributed by atoms with Crippen molar-refractivity contribution in [3.8, 4) is 0 Å². The van der Waals surface area contributed by atoms with Crippen LogP contribution >= 0.6 is 0 Å². The number of furan rings is 1. The first-order valence-corrected chi connectivity index (χ1v) is 6.46. The van der Waals surface area contributed by atoms with Crippen molar-refractivity contribution in [2.24, 2.45) is 0 Å². The first-order chi connectivity index (χ1) is 8.81. The van der Waals surface area contributed by atoms with E-state index in [1.165, 1.54) is 19.3 Å². The number of nitrogens with zero attached hydrogens (tertiary/aromatic N) is 1. The van der Waals surface area contributed by atoms with Crippen molar-refractivity contribution in [1.82, 2.24) is 10.2 Å². The lowest BCUT2D eigenvalue weighted by atomic mass is 10.1. The van der Waals surface area contributed by atoms with Crippen LogP contribution in [0.3, 0.4) is 0 Å². The van der Waals surface area contributed by atoms with E-state index >= 15 is 0 Å². The van der Waals surface area contributed by atoms with Crippen LogP contribution in [0.2, 0.25) is 0 Å². The zero-order valence-corrected chi connectivity index (χ0v) is 10.5. The third-order valence-corrected chi connectivity index (χ3v) is 3.34. The molecular formula is C13H20N2O3. The fraction of sp³-hybridized carbons (Fsp3) is 0.615. The monoisotopic (exact) mass is 252 g/mol. The molecular weight excluding hydrogens is 232 g/mol. The highest BCUT2D eigenvalue weighted by Crippen LogP contribution is 2.24. The molecule has 0 bridgehead atoms. The van der Waals surface area contributed by atoms with Gasteiger partial charge in [-0.1, -0.05) is 6.42 Å². The summed E-state index contributed by atoms with van der Waals surface area (Å²) >= 11 is 0. The van der Waals surface area contributed by atoms with Gasteiger partial charge in [-0.2, -0.15) is 0 Å². The smallest absolute Gasteiger partial charge is 0.245 e. The average molecular weight is 252 g/mol. The maximum Gasteiger partial charge on any atom is 0.245 e. The van der Waals surface area contributed by atoms with Gasteiger partial charge in [-0.25, -0.2) is 0 Å². The minimum atomic E-state index is -0.467. The number of hydrogen-bond donors (Lipinski definition) is 2. The number of nitrogens with one attached hydrogen (secondary N) is 1. The lowest BCUT2D eigenvalue weighted by Gasteiger charge is -2.33. The molecule has 1 saturated heterocycles. The van der Waals surface area contributed by atoms with Gasteiger partial charge in [0.15, 0.2) is 0 Å². The second kappa shape index (κ2) is 6.56. The molecule has 5 heteroatoms. The zero-order chi connectivity index (χ0) is 12.8. The lowest BCUT2D eigenvalue weighted by Crippen LogP contribution is -2.41. The van der Waals surface area contributed by atoms with Crippen LogP contribution in [0.4, 0.5) is 0 Å². The summed E-state index contributed by atoms with van der Waals surface area (Å²) < 4.78 is 5.46. The predicted octanol–water partition coefficient (Wildman–Crippen LogP) is 0.915. The van der Waals surface area contributed by atoms with Crippen LogP contribution in [0.5, 0.6) is 0 Å². The maximum atomic E-state index is 11.2. The summed E-state index contributed by atoms with van der Waals surface area (Å²) in [6.45, 7) is 2.07. The van der Waals surface area contributed by atoms with E-state index in [1.54, 1.807) is 6.26 Å². The Balaban J connectivity index is 2.00. The van der Waals surface area contributed by atoms with Gasteiger partial charge in [0.1, 0.15) is 12.4 Å². The fourth-order valence-corrected chi connectivity index (χ4v) is 2.39. The van der Waals surface area contributed by atoms with E-state index in [0.29, 0.717) is 6.54 Å². The molecule has 2 rings (SSSR count).